The Hall–Kier alpha value is -4.83. The molecule has 0 saturated heterocycles. The quantitative estimate of drug-likeness (QED) is 0.127. The fourth-order valence-electron chi connectivity index (χ4n) is 5.15. The summed E-state index contributed by atoms with van der Waals surface area (Å²) in [5.41, 5.74) is 6.50. The predicted molar refractivity (Wildman–Crippen MR) is 180 cm³/mol. The molecule has 10 heteroatoms. The Morgan fingerprint density at radius 3 is 1.70 bits per heavy atom. The van der Waals surface area contributed by atoms with Crippen molar-refractivity contribution in [1.82, 2.24) is 16.0 Å². The number of ketones is 2. The average Bonchev–Trinajstić information content (AvgIpc) is 3.05. The molecule has 0 aliphatic carbocycles. The van der Waals surface area contributed by atoms with Crippen LogP contribution in [-0.4, -0.2) is 47.1 Å². The van der Waals surface area contributed by atoms with Gasteiger partial charge in [0, 0.05) is 13.0 Å². The van der Waals surface area contributed by atoms with Crippen molar-refractivity contribution in [3.05, 3.63) is 108 Å². The molecule has 3 atom stereocenters. The first-order valence-electron chi connectivity index (χ1n) is 15.9. The van der Waals surface area contributed by atoms with E-state index in [2.05, 4.69) is 16.0 Å². The minimum atomic E-state index is -2.29. The fourth-order valence-corrected chi connectivity index (χ4v) is 5.15. The first-order valence-corrected chi connectivity index (χ1v) is 15.9. The molecule has 3 rings (SSSR count). The maximum Gasteiger partial charge on any atom is 0.408 e. The Balaban J connectivity index is 1.84. The van der Waals surface area contributed by atoms with E-state index >= 15 is 0 Å². The summed E-state index contributed by atoms with van der Waals surface area (Å²) in [6, 6.07) is 24.6. The highest BCUT2D eigenvalue weighted by Gasteiger charge is 2.48. The Morgan fingerprint density at radius 2 is 1.17 bits per heavy atom. The van der Waals surface area contributed by atoms with Crippen LogP contribution in [0.4, 0.5) is 4.79 Å². The topological polar surface area (TPSA) is 157 Å². The molecule has 3 aromatic carbocycles. The van der Waals surface area contributed by atoms with Crippen LogP contribution in [0.1, 0.15) is 57.2 Å². The van der Waals surface area contributed by atoms with Crippen LogP contribution in [0.3, 0.4) is 0 Å². The van der Waals surface area contributed by atoms with Gasteiger partial charge in [-0.25, -0.2) is 4.79 Å². The van der Waals surface area contributed by atoms with E-state index in [4.69, 9.17) is 10.5 Å². The third kappa shape index (κ3) is 11.5. The highest BCUT2D eigenvalue weighted by atomic mass is 16.5. The number of benzene rings is 3. The number of carbonyl (C=O) groups is 5. The van der Waals surface area contributed by atoms with Gasteiger partial charge >= 0.3 is 6.09 Å². The predicted octanol–water partition coefficient (Wildman–Crippen LogP) is 4.25. The second-order valence-corrected chi connectivity index (χ2v) is 12.6. The molecule has 0 aromatic heterocycles. The lowest BCUT2D eigenvalue weighted by Gasteiger charge is -2.32. The van der Waals surface area contributed by atoms with Crippen LogP contribution in [0.15, 0.2) is 91.0 Å². The molecule has 47 heavy (non-hydrogen) atoms. The molecule has 0 bridgehead atoms. The molecule has 3 amide bonds. The Labute approximate surface area is 276 Å². The minimum absolute atomic E-state index is 0.000918. The molecular weight excluding hydrogens is 596 g/mol. The Kier molecular flexibility index (Phi) is 13.8. The number of hydrogen-bond donors (Lipinski definition) is 4. The van der Waals surface area contributed by atoms with E-state index < -0.39 is 47.1 Å². The van der Waals surface area contributed by atoms with E-state index in [1.165, 1.54) is 0 Å². The first-order chi connectivity index (χ1) is 22.4. The van der Waals surface area contributed by atoms with Gasteiger partial charge in [-0.1, -0.05) is 119 Å². The number of alkyl carbamates (subject to hydrolysis) is 1. The smallest absolute Gasteiger partial charge is 0.408 e. The normalized spacial score (nSPS) is 13.6. The van der Waals surface area contributed by atoms with Gasteiger partial charge in [0.1, 0.15) is 12.6 Å². The summed E-state index contributed by atoms with van der Waals surface area (Å²) in [4.78, 5) is 67.7. The van der Waals surface area contributed by atoms with Gasteiger partial charge in [-0.2, -0.15) is 0 Å². The summed E-state index contributed by atoms with van der Waals surface area (Å²) in [5, 5.41) is 7.96. The van der Waals surface area contributed by atoms with E-state index in [-0.39, 0.29) is 44.2 Å². The van der Waals surface area contributed by atoms with Crippen LogP contribution >= 0.6 is 0 Å². The van der Waals surface area contributed by atoms with Gasteiger partial charge in [0.2, 0.25) is 11.7 Å². The SMILES string of the molecule is CC(C)C[C@H](NC(=O)OCc1ccccc1)C(=O)N[C@@H](CC(C)C)C(=O)[C@@](N)(Cc1ccccc1)C(=O)C(=O)NCc1ccccc1. The number of nitrogens with one attached hydrogen (secondary N) is 3. The lowest BCUT2D eigenvalue weighted by atomic mass is 9.78. The zero-order valence-electron chi connectivity index (χ0n) is 27.5. The van der Waals surface area contributed by atoms with Gasteiger partial charge in [0.25, 0.3) is 5.91 Å². The first kappa shape index (κ1) is 36.6. The van der Waals surface area contributed by atoms with Gasteiger partial charge in [0.15, 0.2) is 11.3 Å². The zero-order chi connectivity index (χ0) is 34.4. The van der Waals surface area contributed by atoms with Gasteiger partial charge in [-0.3, -0.25) is 19.2 Å². The van der Waals surface area contributed by atoms with Crippen LogP contribution < -0.4 is 21.7 Å². The third-order valence-corrected chi connectivity index (χ3v) is 7.54. The molecule has 0 radical (unpaired) electrons. The van der Waals surface area contributed by atoms with Crippen molar-refractivity contribution in [2.24, 2.45) is 17.6 Å². The molecule has 0 heterocycles. The number of amides is 3. The van der Waals surface area contributed by atoms with Crippen molar-refractivity contribution >= 4 is 29.5 Å². The van der Waals surface area contributed by atoms with Crippen LogP contribution in [0.5, 0.6) is 0 Å². The third-order valence-electron chi connectivity index (χ3n) is 7.54. The monoisotopic (exact) mass is 642 g/mol. The highest BCUT2D eigenvalue weighted by molar-refractivity contribution is 6.44. The largest absolute Gasteiger partial charge is 0.445 e. The maximum absolute atomic E-state index is 14.3. The van der Waals surface area contributed by atoms with Crippen LogP contribution in [-0.2, 0) is 43.5 Å². The number of Topliss-reactive ketones (excluding diaryl/α,β-unsaturated/α-hetero) is 2. The number of nitrogens with two attached hydrogens (primary N) is 1. The zero-order valence-corrected chi connectivity index (χ0v) is 27.5. The standard InChI is InChI=1S/C37H46N4O6/c1-25(2)20-30(40-34(44)31(21-26(3)4)41-36(46)47-24-29-18-12-7-13-19-29)32(42)37(38,22-27-14-8-5-9-15-27)33(43)35(45)39-23-28-16-10-6-11-17-28/h5-19,25-26,30-31H,20-24,38H2,1-4H3,(H,39,45)(H,40,44)(H,41,46)/t30-,31-,37-/m0/s1. The lowest BCUT2D eigenvalue weighted by molar-refractivity contribution is -0.146. The summed E-state index contributed by atoms with van der Waals surface area (Å²) < 4.78 is 5.33. The number of carbonyl (C=O) groups excluding carboxylic acids is 5. The summed E-state index contributed by atoms with van der Waals surface area (Å²) in [6.45, 7) is 7.59. The Bertz CT molecular complexity index is 1480. The number of hydrogen-bond acceptors (Lipinski definition) is 7. The second-order valence-electron chi connectivity index (χ2n) is 12.6. The average molecular weight is 643 g/mol. The molecule has 5 N–H and O–H groups in total. The van der Waals surface area contributed by atoms with Crippen molar-refractivity contribution in [3.63, 3.8) is 0 Å². The number of ether oxygens (including phenoxy) is 1. The van der Waals surface area contributed by atoms with Crippen molar-refractivity contribution in [2.75, 3.05) is 0 Å². The summed E-state index contributed by atoms with van der Waals surface area (Å²) >= 11 is 0. The van der Waals surface area contributed by atoms with E-state index in [0.717, 1.165) is 11.1 Å². The molecule has 3 aromatic rings. The van der Waals surface area contributed by atoms with Crippen LogP contribution in [0.2, 0.25) is 0 Å². The van der Waals surface area contributed by atoms with Crippen LogP contribution in [0, 0.1) is 11.8 Å². The molecular formula is C37H46N4O6. The van der Waals surface area contributed by atoms with E-state index in [1.54, 1.807) is 54.6 Å². The lowest BCUT2D eigenvalue weighted by Crippen LogP contribution is -2.66. The van der Waals surface area contributed by atoms with Gasteiger partial charge < -0.3 is 26.4 Å². The van der Waals surface area contributed by atoms with Crippen LogP contribution in [0.25, 0.3) is 0 Å². The molecule has 0 aliphatic rings. The van der Waals surface area contributed by atoms with Crippen molar-refractivity contribution in [2.45, 2.75) is 77.7 Å². The highest BCUT2D eigenvalue weighted by Crippen LogP contribution is 2.20. The second kappa shape index (κ2) is 17.8. The molecule has 250 valence electrons. The van der Waals surface area contributed by atoms with Crippen molar-refractivity contribution in [1.29, 1.82) is 0 Å². The van der Waals surface area contributed by atoms with Crippen molar-refractivity contribution in [3.8, 4) is 0 Å². The molecule has 0 spiro atoms. The fraction of sp³-hybridized carbons (Fsp3) is 0.378. The molecule has 0 aliphatic heterocycles. The van der Waals surface area contributed by atoms with E-state index in [1.807, 2.05) is 64.1 Å². The molecule has 0 fully saturated rings. The van der Waals surface area contributed by atoms with E-state index in [0.29, 0.717) is 5.56 Å². The minimum Gasteiger partial charge on any atom is -0.445 e. The summed E-state index contributed by atoms with van der Waals surface area (Å²) in [6.07, 6.45) is -0.643. The summed E-state index contributed by atoms with van der Waals surface area (Å²) in [7, 11) is 0. The van der Waals surface area contributed by atoms with Gasteiger partial charge in [0.05, 0.1) is 6.04 Å². The van der Waals surface area contributed by atoms with Gasteiger partial charge in [-0.05, 0) is 41.4 Å². The summed E-state index contributed by atoms with van der Waals surface area (Å²) in [5.74, 6) is -3.63. The molecule has 10 nitrogen and oxygen atoms in total. The number of rotatable bonds is 17. The van der Waals surface area contributed by atoms with Gasteiger partial charge in [-0.15, -0.1) is 0 Å². The van der Waals surface area contributed by atoms with E-state index in [9.17, 15) is 24.0 Å². The molecule has 0 saturated carbocycles. The van der Waals surface area contributed by atoms with Crippen molar-refractivity contribution < 1.29 is 28.7 Å². The maximum atomic E-state index is 14.3. The molecule has 0 unspecified atom stereocenters. The Morgan fingerprint density at radius 1 is 0.681 bits per heavy atom.